The van der Waals surface area contributed by atoms with Crippen molar-refractivity contribution < 1.29 is 28.6 Å². The average molecular weight is 757 g/mol. The van der Waals surface area contributed by atoms with E-state index in [4.69, 9.17) is 21.1 Å². The minimum atomic E-state index is -1.44. The Bertz CT molecular complexity index is 2660. The van der Waals surface area contributed by atoms with Crippen LogP contribution in [0.4, 0.5) is 10.1 Å². The summed E-state index contributed by atoms with van der Waals surface area (Å²) in [6.07, 6.45) is 1.69. The molecule has 14 nitrogen and oxygen atoms in total. The van der Waals surface area contributed by atoms with Crippen molar-refractivity contribution in [1.82, 2.24) is 23.5 Å². The highest BCUT2D eigenvalue weighted by atomic mass is 35.5. The van der Waals surface area contributed by atoms with Crippen molar-refractivity contribution in [1.29, 1.82) is 0 Å². The zero-order valence-corrected chi connectivity index (χ0v) is 30.3. The number of nitrogens with zero attached hydrogens (tertiary/aromatic N) is 6. The minimum absolute atomic E-state index is 0.0240. The van der Waals surface area contributed by atoms with E-state index in [1.54, 1.807) is 50.4 Å². The van der Waals surface area contributed by atoms with E-state index in [0.29, 0.717) is 33.7 Å². The van der Waals surface area contributed by atoms with Gasteiger partial charge in [0.1, 0.15) is 17.3 Å². The molecule has 5 aromatic rings. The molecule has 8 rings (SSSR count). The predicted octanol–water partition coefficient (Wildman–Crippen LogP) is 3.68. The van der Waals surface area contributed by atoms with Crippen LogP contribution in [0.5, 0.6) is 17.2 Å². The van der Waals surface area contributed by atoms with Crippen molar-refractivity contribution in [3.05, 3.63) is 120 Å². The van der Waals surface area contributed by atoms with Gasteiger partial charge < -0.3 is 19.1 Å². The van der Waals surface area contributed by atoms with Crippen molar-refractivity contribution in [3.63, 3.8) is 0 Å². The maximum absolute atomic E-state index is 14.5. The largest absolute Gasteiger partial charge is 0.508 e. The number of allylic oxidation sites excluding steroid dienone is 2. The number of hydrogen-bond acceptors (Lipinski definition) is 9. The maximum Gasteiger partial charge on any atom is 0.347 e. The van der Waals surface area contributed by atoms with Gasteiger partial charge in [0, 0.05) is 43.6 Å². The first-order valence-electron chi connectivity index (χ1n) is 17.2. The van der Waals surface area contributed by atoms with Gasteiger partial charge >= 0.3 is 11.4 Å². The van der Waals surface area contributed by atoms with Crippen LogP contribution in [0.3, 0.4) is 0 Å². The minimum Gasteiger partial charge on any atom is -0.508 e. The number of methoxy groups -OCH3 is 2. The Hall–Kier alpha value is -5.96. The van der Waals surface area contributed by atoms with E-state index >= 15 is 0 Å². The second-order valence-electron chi connectivity index (χ2n) is 13.9. The molecule has 2 fully saturated rings. The lowest BCUT2D eigenvalue weighted by molar-refractivity contribution is -0.129. The monoisotopic (exact) mass is 756 g/mol. The van der Waals surface area contributed by atoms with Gasteiger partial charge in [0.25, 0.3) is 5.56 Å². The number of phenols is 1. The number of imide groups is 1. The Kier molecular flexibility index (Phi) is 8.17. The molecule has 1 saturated heterocycles. The number of aryl methyl sites for hydroxylation is 2. The van der Waals surface area contributed by atoms with Crippen LogP contribution in [0, 0.1) is 17.2 Å². The molecule has 1 aliphatic carbocycles. The van der Waals surface area contributed by atoms with Gasteiger partial charge in [-0.25, -0.2) is 37.8 Å². The zero-order valence-electron chi connectivity index (χ0n) is 29.6. The molecule has 16 heteroatoms. The summed E-state index contributed by atoms with van der Waals surface area (Å²) in [6.45, 7) is 1.46. The van der Waals surface area contributed by atoms with Gasteiger partial charge in [-0.3, -0.25) is 14.4 Å². The number of amides is 2. The number of fused-ring (bicyclic) bond motifs is 5. The Labute approximate surface area is 310 Å². The number of aromatic hydroxyl groups is 1. The molecule has 0 bridgehead atoms. The summed E-state index contributed by atoms with van der Waals surface area (Å²) < 4.78 is 30.0. The number of aromatic nitrogens is 5. The van der Waals surface area contributed by atoms with Gasteiger partial charge in [-0.1, -0.05) is 35.9 Å². The van der Waals surface area contributed by atoms with E-state index in [9.17, 15) is 33.5 Å². The molecule has 3 aromatic carbocycles. The Morgan fingerprint density at radius 1 is 1.00 bits per heavy atom. The fraction of sp³-hybridized carbons (Fsp3) is 0.316. The van der Waals surface area contributed by atoms with E-state index in [1.165, 1.54) is 46.3 Å². The van der Waals surface area contributed by atoms with Crippen LogP contribution in [0.1, 0.15) is 36.6 Å². The number of para-hydroxylation sites is 1. The predicted molar refractivity (Wildman–Crippen MR) is 195 cm³/mol. The molecular formula is C38H34ClFN6O8. The van der Waals surface area contributed by atoms with Crippen LogP contribution in [-0.4, -0.2) is 54.6 Å². The van der Waals surface area contributed by atoms with Gasteiger partial charge in [-0.05, 0) is 43.2 Å². The van der Waals surface area contributed by atoms with E-state index in [1.807, 2.05) is 0 Å². The van der Waals surface area contributed by atoms with Crippen molar-refractivity contribution in [2.24, 2.45) is 18.4 Å². The number of ether oxygens (including phenoxy) is 2. The van der Waals surface area contributed by atoms with E-state index in [-0.39, 0.29) is 48.1 Å². The number of halogens is 2. The topological polar surface area (TPSA) is 160 Å². The molecule has 4 atom stereocenters. The number of carbonyl (C=O) groups is 2. The normalized spacial score (nSPS) is 21.9. The highest BCUT2D eigenvalue weighted by molar-refractivity contribution is 6.31. The first kappa shape index (κ1) is 35.1. The number of phenolic OH excluding ortho intramolecular Hbond substituents is 1. The quantitative estimate of drug-likeness (QED) is 0.193. The second-order valence-corrected chi connectivity index (χ2v) is 14.3. The Morgan fingerprint density at radius 2 is 1.72 bits per heavy atom. The molecule has 2 aromatic heterocycles. The summed E-state index contributed by atoms with van der Waals surface area (Å²) in [7, 11) is 4.56. The Morgan fingerprint density at radius 3 is 2.43 bits per heavy atom. The van der Waals surface area contributed by atoms with Crippen LogP contribution in [0.25, 0.3) is 11.0 Å². The third-order valence-corrected chi connectivity index (χ3v) is 11.5. The third-order valence-electron chi connectivity index (χ3n) is 11.2. The molecule has 3 aliphatic rings. The molecule has 1 saturated carbocycles. The number of benzene rings is 3. The molecule has 4 heterocycles. The summed E-state index contributed by atoms with van der Waals surface area (Å²) in [5, 5.41) is 10.9. The lowest BCUT2D eigenvalue weighted by Crippen LogP contribution is -2.49. The first-order chi connectivity index (χ1) is 25.8. The molecule has 0 unspecified atom stereocenters. The molecular weight excluding hydrogens is 723 g/mol. The first-order valence-corrected chi connectivity index (χ1v) is 17.5. The summed E-state index contributed by atoms with van der Waals surface area (Å²) in [5.74, 6) is -3.04. The van der Waals surface area contributed by atoms with E-state index in [2.05, 4.69) is 4.98 Å². The van der Waals surface area contributed by atoms with Gasteiger partial charge in [0.05, 0.1) is 59.9 Å². The van der Waals surface area contributed by atoms with Crippen LogP contribution in [-0.2, 0) is 36.1 Å². The molecule has 278 valence electrons. The van der Waals surface area contributed by atoms with E-state index in [0.717, 1.165) is 15.5 Å². The van der Waals surface area contributed by atoms with Crippen LogP contribution in [0.2, 0.25) is 5.02 Å². The smallest absolute Gasteiger partial charge is 0.347 e. The van der Waals surface area contributed by atoms with Gasteiger partial charge in [0.15, 0.2) is 11.5 Å². The number of anilines is 1. The number of carbonyl (C=O) groups excluding carboxylic acids is 2. The lowest BCUT2D eigenvalue weighted by Gasteiger charge is -2.47. The fourth-order valence-corrected chi connectivity index (χ4v) is 8.73. The fourth-order valence-electron chi connectivity index (χ4n) is 8.55. The highest BCUT2D eigenvalue weighted by Gasteiger charge is 2.65. The van der Waals surface area contributed by atoms with Crippen molar-refractivity contribution in [3.8, 4) is 17.2 Å². The summed E-state index contributed by atoms with van der Waals surface area (Å²) >= 11 is 6.07. The molecule has 1 N–H and O–H groups in total. The SMILES string of the molecule is COc1cc2nc(CCn3c(=O)n4n(c3=O)[C@@H]3C[C@H]5C(=O)N(c6ccc(F)c(Cl)c6)C(=O)[C@@]5(C)[C@@H](c5ccccc5O)C3=CC4)c(=O)n(C)c2cc1OC. The van der Waals surface area contributed by atoms with Gasteiger partial charge in [0.2, 0.25) is 11.8 Å². The number of rotatable bonds is 7. The van der Waals surface area contributed by atoms with Gasteiger partial charge in [-0.15, -0.1) is 0 Å². The number of hydrogen-bond donors (Lipinski definition) is 1. The van der Waals surface area contributed by atoms with Crippen LogP contribution >= 0.6 is 11.6 Å². The standard InChI is InChI=1S/C38H34ClFN6O8/c1-38-22(33(48)45(35(38)50)19-9-10-24(40)23(39)15-19)16-27-20(32(38)21-7-5-6-8-29(21)47)11-14-44-36(51)43(37(52)46(27)44)13-12-25-34(49)42(2)28-18-31(54-4)30(53-3)17-26(28)41-25/h5-11,15,17-18,22,27,32,47H,12-14,16H2,1-4H3/t22-,27+,32+,38+/m0/s1. The molecule has 0 radical (unpaired) electrons. The third kappa shape index (κ3) is 4.90. The molecule has 2 aliphatic heterocycles. The van der Waals surface area contributed by atoms with Crippen molar-refractivity contribution >= 4 is 40.1 Å². The Balaban J connectivity index is 1.20. The average Bonchev–Trinajstić information content (AvgIpc) is 3.52. The van der Waals surface area contributed by atoms with Crippen molar-refractivity contribution in [2.75, 3.05) is 19.1 Å². The molecule has 2 amide bonds. The van der Waals surface area contributed by atoms with E-state index < -0.39 is 57.9 Å². The summed E-state index contributed by atoms with van der Waals surface area (Å²) in [4.78, 5) is 76.0. The van der Waals surface area contributed by atoms with Crippen LogP contribution in [0.15, 0.2) is 80.6 Å². The van der Waals surface area contributed by atoms with Crippen molar-refractivity contribution in [2.45, 2.75) is 44.8 Å². The maximum atomic E-state index is 14.5. The molecule has 0 spiro atoms. The lowest BCUT2D eigenvalue weighted by atomic mass is 9.56. The van der Waals surface area contributed by atoms with Gasteiger partial charge in [-0.2, -0.15) is 0 Å². The second kappa shape index (κ2) is 12.6. The summed E-state index contributed by atoms with van der Waals surface area (Å²) in [5.41, 5.74) is -1.02. The highest BCUT2D eigenvalue weighted by Crippen LogP contribution is 2.62. The summed E-state index contributed by atoms with van der Waals surface area (Å²) in [6, 6.07) is 12.5. The van der Waals surface area contributed by atoms with Crippen LogP contribution < -0.4 is 31.3 Å². The zero-order chi connectivity index (χ0) is 38.4. The molecule has 54 heavy (non-hydrogen) atoms.